The molecule has 3 nitrogen and oxygen atoms in total. The highest BCUT2D eigenvalue weighted by molar-refractivity contribution is 5.38. The van der Waals surface area contributed by atoms with Gasteiger partial charge in [0.05, 0.1) is 6.04 Å². The minimum atomic E-state index is -0.283. The van der Waals surface area contributed by atoms with Crippen molar-refractivity contribution in [3.63, 3.8) is 0 Å². The molecular weight excluding hydrogens is 257 g/mol. The van der Waals surface area contributed by atoms with Crippen LogP contribution in [0.3, 0.4) is 0 Å². The monoisotopic (exact) mass is 273 g/mol. The van der Waals surface area contributed by atoms with Crippen LogP contribution in [0.15, 0.2) is 42.5 Å². The first kappa shape index (κ1) is 12.9. The Balaban J connectivity index is 1.81. The van der Waals surface area contributed by atoms with E-state index < -0.39 is 0 Å². The number of ether oxygens (including phenoxy) is 2. The maximum atomic E-state index is 13.2. The van der Waals surface area contributed by atoms with Gasteiger partial charge in [-0.1, -0.05) is 18.2 Å². The molecule has 20 heavy (non-hydrogen) atoms. The molecule has 0 saturated carbocycles. The zero-order valence-corrected chi connectivity index (χ0v) is 11.2. The molecule has 2 atom stereocenters. The first-order chi connectivity index (χ1) is 9.65. The Hall–Kier alpha value is -2.07. The summed E-state index contributed by atoms with van der Waals surface area (Å²) < 4.78 is 24.7. The molecular formula is C16H16FNO2. The van der Waals surface area contributed by atoms with Crippen LogP contribution in [0.4, 0.5) is 4.39 Å². The van der Waals surface area contributed by atoms with Crippen molar-refractivity contribution < 1.29 is 13.9 Å². The topological polar surface area (TPSA) is 44.5 Å². The molecule has 0 aromatic heterocycles. The summed E-state index contributed by atoms with van der Waals surface area (Å²) >= 11 is 0. The molecule has 2 N–H and O–H groups in total. The van der Waals surface area contributed by atoms with Crippen LogP contribution < -0.4 is 15.2 Å². The van der Waals surface area contributed by atoms with E-state index in [-0.39, 0.29) is 18.0 Å². The zero-order valence-electron chi connectivity index (χ0n) is 11.2. The second-order valence-corrected chi connectivity index (χ2v) is 4.94. The minimum Gasteiger partial charge on any atom is -0.489 e. The van der Waals surface area contributed by atoms with Gasteiger partial charge in [-0.25, -0.2) is 4.39 Å². The predicted molar refractivity (Wildman–Crippen MR) is 74.4 cm³/mol. The van der Waals surface area contributed by atoms with E-state index in [9.17, 15) is 4.39 Å². The Labute approximate surface area is 117 Å². The Morgan fingerprint density at radius 3 is 2.85 bits per heavy atom. The van der Waals surface area contributed by atoms with Crippen molar-refractivity contribution in [2.75, 3.05) is 6.61 Å². The van der Waals surface area contributed by atoms with E-state index in [0.29, 0.717) is 17.9 Å². The van der Waals surface area contributed by atoms with Gasteiger partial charge in [-0.15, -0.1) is 0 Å². The predicted octanol–water partition coefficient (Wildman–Crippen LogP) is 2.97. The third kappa shape index (κ3) is 2.34. The van der Waals surface area contributed by atoms with E-state index in [1.165, 1.54) is 6.07 Å². The van der Waals surface area contributed by atoms with Gasteiger partial charge in [0, 0.05) is 5.56 Å². The number of benzene rings is 2. The van der Waals surface area contributed by atoms with Gasteiger partial charge < -0.3 is 15.2 Å². The van der Waals surface area contributed by atoms with Crippen molar-refractivity contribution in [2.24, 2.45) is 5.73 Å². The number of nitrogens with two attached hydrogens (primary N) is 1. The Kier molecular flexibility index (Phi) is 3.32. The summed E-state index contributed by atoms with van der Waals surface area (Å²) in [5, 5.41) is 0. The van der Waals surface area contributed by atoms with Gasteiger partial charge >= 0.3 is 0 Å². The van der Waals surface area contributed by atoms with Gasteiger partial charge in [0.25, 0.3) is 0 Å². The van der Waals surface area contributed by atoms with Crippen molar-refractivity contribution in [3.05, 3.63) is 59.4 Å². The molecule has 1 aliphatic heterocycles. The number of rotatable bonds is 2. The highest BCUT2D eigenvalue weighted by atomic mass is 19.1. The second-order valence-electron chi connectivity index (χ2n) is 4.94. The smallest absolute Gasteiger partial charge is 0.152 e. The van der Waals surface area contributed by atoms with E-state index in [1.807, 2.05) is 24.3 Å². The molecule has 2 aromatic carbocycles. The molecule has 3 rings (SSSR count). The van der Waals surface area contributed by atoms with Crippen LogP contribution in [-0.2, 0) is 0 Å². The molecule has 0 radical (unpaired) electrons. The lowest BCUT2D eigenvalue weighted by molar-refractivity contribution is 0.0877. The van der Waals surface area contributed by atoms with Crippen molar-refractivity contribution in [2.45, 2.75) is 19.1 Å². The third-order valence-electron chi connectivity index (χ3n) is 3.50. The summed E-state index contributed by atoms with van der Waals surface area (Å²) in [6.45, 7) is 2.09. The molecule has 4 heteroatoms. The van der Waals surface area contributed by atoms with Gasteiger partial charge in [-0.3, -0.25) is 0 Å². The van der Waals surface area contributed by atoms with Crippen molar-refractivity contribution in [3.8, 4) is 11.5 Å². The van der Waals surface area contributed by atoms with E-state index in [1.54, 1.807) is 19.1 Å². The number of aryl methyl sites for hydroxylation is 1. The number of para-hydroxylation sites is 1. The molecule has 104 valence electrons. The van der Waals surface area contributed by atoms with E-state index in [0.717, 1.165) is 11.3 Å². The second kappa shape index (κ2) is 5.13. The molecule has 2 unspecified atom stereocenters. The largest absolute Gasteiger partial charge is 0.489 e. The van der Waals surface area contributed by atoms with Gasteiger partial charge in [0.15, 0.2) is 6.10 Å². The summed E-state index contributed by atoms with van der Waals surface area (Å²) in [6.07, 6.45) is -0.283. The summed E-state index contributed by atoms with van der Waals surface area (Å²) in [6, 6.07) is 12.1. The number of fused-ring (bicyclic) bond motifs is 1. The molecule has 0 amide bonds. The lowest BCUT2D eigenvalue weighted by atomic mass is 9.99. The fraction of sp³-hybridized carbons (Fsp3) is 0.250. The molecule has 0 aliphatic carbocycles. The molecule has 1 aliphatic rings. The molecule has 0 spiro atoms. The zero-order chi connectivity index (χ0) is 14.1. The highest BCUT2D eigenvalue weighted by Gasteiger charge is 2.29. The lowest BCUT2D eigenvalue weighted by Crippen LogP contribution is -2.40. The average Bonchev–Trinajstić information content (AvgIpc) is 2.46. The number of halogens is 1. The average molecular weight is 273 g/mol. The molecule has 2 aromatic rings. The fourth-order valence-electron chi connectivity index (χ4n) is 2.34. The quantitative estimate of drug-likeness (QED) is 0.915. The van der Waals surface area contributed by atoms with Gasteiger partial charge in [-0.2, -0.15) is 0 Å². The maximum Gasteiger partial charge on any atom is 0.152 e. The molecule has 1 heterocycles. The Bertz CT molecular complexity index is 630. The normalized spacial score (nSPS) is 20.9. The Morgan fingerprint density at radius 2 is 2.05 bits per heavy atom. The van der Waals surface area contributed by atoms with Gasteiger partial charge in [0.1, 0.15) is 23.9 Å². The first-order valence-electron chi connectivity index (χ1n) is 6.55. The van der Waals surface area contributed by atoms with Gasteiger partial charge in [-0.05, 0) is 36.8 Å². The van der Waals surface area contributed by atoms with Crippen LogP contribution in [0, 0.1) is 12.7 Å². The van der Waals surface area contributed by atoms with Crippen molar-refractivity contribution in [1.29, 1.82) is 0 Å². The fourth-order valence-corrected chi connectivity index (χ4v) is 2.34. The third-order valence-corrected chi connectivity index (χ3v) is 3.50. The highest BCUT2D eigenvalue weighted by Crippen LogP contribution is 2.32. The first-order valence-corrected chi connectivity index (χ1v) is 6.55. The van der Waals surface area contributed by atoms with Crippen LogP contribution in [0.25, 0.3) is 0 Å². The van der Waals surface area contributed by atoms with Gasteiger partial charge in [0.2, 0.25) is 0 Å². The van der Waals surface area contributed by atoms with Crippen LogP contribution in [0.2, 0.25) is 0 Å². The van der Waals surface area contributed by atoms with Crippen LogP contribution in [0.5, 0.6) is 11.5 Å². The molecule has 0 bridgehead atoms. The summed E-state index contributed by atoms with van der Waals surface area (Å²) in [7, 11) is 0. The molecule has 0 saturated heterocycles. The van der Waals surface area contributed by atoms with Crippen LogP contribution >= 0.6 is 0 Å². The molecule has 0 fully saturated rings. The van der Waals surface area contributed by atoms with E-state index in [2.05, 4.69) is 0 Å². The summed E-state index contributed by atoms with van der Waals surface area (Å²) in [5.74, 6) is 1.16. The number of hydrogen-bond acceptors (Lipinski definition) is 3. The SMILES string of the molecule is Cc1cc(OC2COc3ccccc3C2N)ccc1F. The lowest BCUT2D eigenvalue weighted by Gasteiger charge is -2.31. The van der Waals surface area contributed by atoms with Crippen LogP contribution in [-0.4, -0.2) is 12.7 Å². The van der Waals surface area contributed by atoms with E-state index in [4.69, 9.17) is 15.2 Å². The van der Waals surface area contributed by atoms with E-state index >= 15 is 0 Å². The standard InChI is InChI=1S/C16H16FNO2/c1-10-8-11(6-7-13(10)17)20-15-9-19-14-5-3-2-4-12(14)16(15)18/h2-8,15-16H,9,18H2,1H3. The maximum absolute atomic E-state index is 13.2. The summed E-state index contributed by atoms with van der Waals surface area (Å²) in [5.41, 5.74) is 7.71. The van der Waals surface area contributed by atoms with Crippen molar-refractivity contribution in [1.82, 2.24) is 0 Å². The minimum absolute atomic E-state index is 0.244. The van der Waals surface area contributed by atoms with Crippen molar-refractivity contribution >= 4 is 0 Å². The van der Waals surface area contributed by atoms with Crippen LogP contribution in [0.1, 0.15) is 17.2 Å². The number of hydrogen-bond donors (Lipinski definition) is 1. The Morgan fingerprint density at radius 1 is 1.25 bits per heavy atom. The summed E-state index contributed by atoms with van der Waals surface area (Å²) in [4.78, 5) is 0.